The molecule has 3 aromatic heterocycles. The van der Waals surface area contributed by atoms with Crippen molar-refractivity contribution in [3.8, 4) is 16.9 Å². The van der Waals surface area contributed by atoms with E-state index in [0.717, 1.165) is 28.8 Å². The predicted molar refractivity (Wildman–Crippen MR) is 125 cm³/mol. The van der Waals surface area contributed by atoms with Crippen molar-refractivity contribution in [3.63, 3.8) is 0 Å². The highest BCUT2D eigenvalue weighted by Gasteiger charge is 2.20. The van der Waals surface area contributed by atoms with Gasteiger partial charge in [0.2, 0.25) is 0 Å². The minimum absolute atomic E-state index is 0.00766. The molecule has 4 rings (SSSR count). The van der Waals surface area contributed by atoms with Crippen molar-refractivity contribution in [1.82, 2.24) is 24.5 Å². The lowest BCUT2D eigenvalue weighted by atomic mass is 9.99. The Balaban J connectivity index is 1.74. The molecule has 7 nitrogen and oxygen atoms in total. The van der Waals surface area contributed by atoms with Crippen LogP contribution in [-0.4, -0.2) is 36.2 Å². The van der Waals surface area contributed by atoms with Crippen LogP contribution in [-0.2, 0) is 5.60 Å². The molecule has 0 bridgehead atoms. The van der Waals surface area contributed by atoms with Gasteiger partial charge in [-0.25, -0.2) is 14.1 Å². The Bertz CT molecular complexity index is 1330. The standard InChI is InChI=1S/C25H28FN5O2/c1-6-16(3)29-24(32)20-10-19(15(2)9-21(20)26)17-11-28-31(13-17)23-12-27-22-8-7-18(14-30(22)23)25(4,5)33/h7-14,16,33H,6H2,1-5H3,(H,29,32). The number of aromatic nitrogens is 4. The maximum atomic E-state index is 14.6. The van der Waals surface area contributed by atoms with E-state index in [1.54, 1.807) is 43.9 Å². The third kappa shape index (κ3) is 4.39. The van der Waals surface area contributed by atoms with Gasteiger partial charge in [0, 0.05) is 24.0 Å². The number of rotatable bonds is 6. The summed E-state index contributed by atoms with van der Waals surface area (Å²) in [6.07, 6.45) is 7.78. The highest BCUT2D eigenvalue weighted by molar-refractivity contribution is 5.96. The number of hydrogen-bond donors (Lipinski definition) is 2. The number of imidazole rings is 1. The first-order valence-corrected chi connectivity index (χ1v) is 10.9. The Morgan fingerprint density at radius 3 is 2.70 bits per heavy atom. The number of aryl methyl sites for hydroxylation is 1. The highest BCUT2D eigenvalue weighted by atomic mass is 19.1. The second-order valence-electron chi connectivity index (χ2n) is 8.92. The van der Waals surface area contributed by atoms with Gasteiger partial charge in [-0.05, 0) is 69.0 Å². The smallest absolute Gasteiger partial charge is 0.254 e. The SMILES string of the molecule is CCC(C)NC(=O)c1cc(-c2cnn(-c3cnc4ccc(C(C)(C)O)cn34)c2)c(C)cc1F. The van der Waals surface area contributed by atoms with Crippen LogP contribution >= 0.6 is 0 Å². The molecule has 1 amide bonds. The summed E-state index contributed by atoms with van der Waals surface area (Å²) >= 11 is 0. The zero-order valence-electron chi connectivity index (χ0n) is 19.4. The van der Waals surface area contributed by atoms with Crippen LogP contribution in [0.5, 0.6) is 0 Å². The van der Waals surface area contributed by atoms with Crippen molar-refractivity contribution in [1.29, 1.82) is 0 Å². The molecule has 0 aliphatic rings. The number of benzene rings is 1. The average molecular weight is 450 g/mol. The zero-order valence-corrected chi connectivity index (χ0v) is 19.4. The Morgan fingerprint density at radius 1 is 1.24 bits per heavy atom. The first kappa shape index (κ1) is 22.7. The van der Waals surface area contributed by atoms with E-state index in [9.17, 15) is 14.3 Å². The number of amides is 1. The number of hydrogen-bond acceptors (Lipinski definition) is 4. The molecule has 0 spiro atoms. The molecule has 0 radical (unpaired) electrons. The van der Waals surface area contributed by atoms with E-state index in [4.69, 9.17) is 0 Å². The number of aliphatic hydroxyl groups is 1. The molecule has 0 saturated heterocycles. The van der Waals surface area contributed by atoms with Gasteiger partial charge < -0.3 is 10.4 Å². The normalized spacial score (nSPS) is 12.8. The lowest BCUT2D eigenvalue weighted by Crippen LogP contribution is -2.32. The van der Waals surface area contributed by atoms with Crippen LogP contribution in [0.3, 0.4) is 0 Å². The summed E-state index contributed by atoms with van der Waals surface area (Å²) in [5.41, 5.74) is 2.65. The summed E-state index contributed by atoms with van der Waals surface area (Å²) in [7, 11) is 0. The minimum atomic E-state index is -0.998. The monoisotopic (exact) mass is 449 g/mol. The van der Waals surface area contributed by atoms with Crippen LogP contribution in [0.15, 0.2) is 49.1 Å². The van der Waals surface area contributed by atoms with Gasteiger partial charge in [-0.1, -0.05) is 13.0 Å². The molecule has 0 aliphatic carbocycles. The van der Waals surface area contributed by atoms with Crippen molar-refractivity contribution in [3.05, 3.63) is 71.6 Å². The van der Waals surface area contributed by atoms with E-state index in [2.05, 4.69) is 15.4 Å². The van der Waals surface area contributed by atoms with Gasteiger partial charge in [-0.3, -0.25) is 9.20 Å². The number of pyridine rings is 1. The molecule has 0 fully saturated rings. The summed E-state index contributed by atoms with van der Waals surface area (Å²) in [5.74, 6) is -0.293. The Kier molecular flexibility index (Phi) is 5.80. The largest absolute Gasteiger partial charge is 0.386 e. The molecule has 4 aromatic rings. The minimum Gasteiger partial charge on any atom is -0.386 e. The molecular weight excluding hydrogens is 421 g/mol. The van der Waals surface area contributed by atoms with Crippen molar-refractivity contribution >= 4 is 11.6 Å². The lowest BCUT2D eigenvalue weighted by Gasteiger charge is -2.18. The van der Waals surface area contributed by atoms with Gasteiger partial charge in [0.15, 0.2) is 5.82 Å². The van der Waals surface area contributed by atoms with E-state index in [-0.39, 0.29) is 11.6 Å². The molecule has 1 atom stereocenters. The fourth-order valence-corrected chi connectivity index (χ4v) is 3.65. The van der Waals surface area contributed by atoms with Crippen molar-refractivity contribution in [2.75, 3.05) is 0 Å². The van der Waals surface area contributed by atoms with Crippen molar-refractivity contribution in [2.24, 2.45) is 0 Å². The molecule has 0 aliphatic heterocycles. The van der Waals surface area contributed by atoms with Crippen LogP contribution in [0.25, 0.3) is 22.6 Å². The zero-order chi connectivity index (χ0) is 23.9. The number of nitrogens with one attached hydrogen (secondary N) is 1. The van der Waals surface area contributed by atoms with E-state index in [1.807, 2.05) is 42.8 Å². The highest BCUT2D eigenvalue weighted by Crippen LogP contribution is 2.28. The number of fused-ring (bicyclic) bond motifs is 1. The number of carbonyl (C=O) groups is 1. The van der Waals surface area contributed by atoms with Gasteiger partial charge in [0.1, 0.15) is 11.5 Å². The van der Waals surface area contributed by atoms with Gasteiger partial charge >= 0.3 is 0 Å². The van der Waals surface area contributed by atoms with E-state index < -0.39 is 17.3 Å². The van der Waals surface area contributed by atoms with Crippen LogP contribution in [0.2, 0.25) is 0 Å². The Morgan fingerprint density at radius 2 is 2.00 bits per heavy atom. The van der Waals surface area contributed by atoms with E-state index in [1.165, 1.54) is 6.07 Å². The molecule has 0 saturated carbocycles. The van der Waals surface area contributed by atoms with Gasteiger partial charge in [-0.2, -0.15) is 5.10 Å². The molecule has 1 aromatic carbocycles. The molecule has 8 heteroatoms. The van der Waals surface area contributed by atoms with Crippen molar-refractivity contribution < 1.29 is 14.3 Å². The molecule has 2 N–H and O–H groups in total. The fourth-order valence-electron chi connectivity index (χ4n) is 3.65. The maximum Gasteiger partial charge on any atom is 0.254 e. The molecule has 1 unspecified atom stereocenters. The average Bonchev–Trinajstić information content (AvgIpc) is 3.39. The van der Waals surface area contributed by atoms with E-state index in [0.29, 0.717) is 11.4 Å². The lowest BCUT2D eigenvalue weighted by molar-refractivity contribution is 0.0781. The summed E-state index contributed by atoms with van der Waals surface area (Å²) in [6, 6.07) is 6.59. The molecular formula is C25H28FN5O2. The summed E-state index contributed by atoms with van der Waals surface area (Å²) in [6.45, 7) is 9.09. The maximum absolute atomic E-state index is 14.6. The van der Waals surface area contributed by atoms with Crippen LogP contribution in [0.4, 0.5) is 4.39 Å². The Labute approximate surface area is 191 Å². The number of nitrogens with zero attached hydrogens (tertiary/aromatic N) is 4. The first-order chi connectivity index (χ1) is 15.6. The van der Waals surface area contributed by atoms with Crippen LogP contribution in [0.1, 0.15) is 55.6 Å². The summed E-state index contributed by atoms with van der Waals surface area (Å²) in [4.78, 5) is 17.0. The van der Waals surface area contributed by atoms with Gasteiger partial charge in [0.05, 0.1) is 23.6 Å². The van der Waals surface area contributed by atoms with E-state index >= 15 is 0 Å². The second-order valence-corrected chi connectivity index (χ2v) is 8.92. The molecule has 172 valence electrons. The summed E-state index contributed by atoms with van der Waals surface area (Å²) < 4.78 is 18.1. The first-order valence-electron chi connectivity index (χ1n) is 10.9. The van der Waals surface area contributed by atoms with Crippen LogP contribution in [0, 0.1) is 12.7 Å². The second kappa shape index (κ2) is 8.44. The van der Waals surface area contributed by atoms with Gasteiger partial charge in [-0.15, -0.1) is 0 Å². The molecule has 3 heterocycles. The number of halogens is 1. The quantitative estimate of drug-likeness (QED) is 0.457. The third-order valence-corrected chi connectivity index (χ3v) is 5.87. The fraction of sp³-hybridized carbons (Fsp3) is 0.320. The number of carbonyl (C=O) groups excluding carboxylic acids is 1. The van der Waals surface area contributed by atoms with Crippen LogP contribution < -0.4 is 5.32 Å². The summed E-state index contributed by atoms with van der Waals surface area (Å²) in [5, 5.41) is 17.7. The van der Waals surface area contributed by atoms with Crippen molar-refractivity contribution in [2.45, 2.75) is 52.7 Å². The van der Waals surface area contributed by atoms with Gasteiger partial charge in [0.25, 0.3) is 5.91 Å². The third-order valence-electron chi connectivity index (χ3n) is 5.87. The topological polar surface area (TPSA) is 84.5 Å². The Hall–Kier alpha value is -3.52. The molecule has 33 heavy (non-hydrogen) atoms. The predicted octanol–water partition coefficient (Wildman–Crippen LogP) is 4.39.